The molecule has 0 aromatic carbocycles. The maximum absolute atomic E-state index is 5.51. The van der Waals surface area contributed by atoms with Crippen LogP contribution in [-0.4, -0.2) is 45.4 Å². The molecular formula is C18H27N7O. The number of nitrogens with zero attached hydrogens (tertiary/aromatic N) is 5. The number of aromatic nitrogens is 4. The zero-order valence-corrected chi connectivity index (χ0v) is 15.7. The van der Waals surface area contributed by atoms with Gasteiger partial charge in [0, 0.05) is 38.3 Å². The third-order valence-corrected chi connectivity index (χ3v) is 4.24. The molecule has 0 bridgehead atoms. The number of pyridine rings is 1. The molecule has 1 atom stereocenters. The number of fused-ring (bicyclic) bond motifs is 1. The van der Waals surface area contributed by atoms with Crippen molar-refractivity contribution in [3.8, 4) is 5.88 Å². The van der Waals surface area contributed by atoms with Crippen molar-refractivity contribution in [2.75, 3.05) is 13.7 Å². The van der Waals surface area contributed by atoms with Crippen LogP contribution in [0, 0.1) is 6.92 Å². The Hall–Kier alpha value is -2.64. The lowest BCUT2D eigenvalue weighted by Gasteiger charge is -2.25. The Morgan fingerprint density at radius 3 is 3.04 bits per heavy atom. The van der Waals surface area contributed by atoms with Gasteiger partial charge in [0.1, 0.15) is 11.6 Å². The van der Waals surface area contributed by atoms with Gasteiger partial charge in [-0.15, -0.1) is 0 Å². The Bertz CT molecular complexity index is 738. The zero-order chi connectivity index (χ0) is 18.4. The van der Waals surface area contributed by atoms with Crippen molar-refractivity contribution >= 4 is 5.96 Å². The summed E-state index contributed by atoms with van der Waals surface area (Å²) in [6.07, 6.45) is 4.75. The Morgan fingerprint density at radius 2 is 2.31 bits per heavy atom. The number of guanidine groups is 1. The average Bonchev–Trinajstić information content (AvgIpc) is 3.03. The highest BCUT2D eigenvalue weighted by Gasteiger charge is 2.21. The maximum Gasteiger partial charge on any atom is 0.213 e. The first-order valence-corrected chi connectivity index (χ1v) is 9.13. The van der Waals surface area contributed by atoms with E-state index in [1.54, 1.807) is 7.05 Å². The molecule has 2 N–H and O–H groups in total. The van der Waals surface area contributed by atoms with E-state index in [0.29, 0.717) is 19.0 Å². The van der Waals surface area contributed by atoms with Gasteiger partial charge in [-0.1, -0.05) is 13.0 Å². The quantitative estimate of drug-likeness (QED) is 0.601. The molecule has 2 aromatic heterocycles. The van der Waals surface area contributed by atoms with Gasteiger partial charge < -0.3 is 15.4 Å². The van der Waals surface area contributed by atoms with Crippen LogP contribution in [0.5, 0.6) is 5.88 Å². The molecule has 1 unspecified atom stereocenters. The van der Waals surface area contributed by atoms with E-state index in [4.69, 9.17) is 4.74 Å². The highest BCUT2D eigenvalue weighted by atomic mass is 16.5. The van der Waals surface area contributed by atoms with E-state index in [1.807, 2.05) is 29.9 Å². The van der Waals surface area contributed by atoms with Crippen molar-refractivity contribution in [3.05, 3.63) is 35.5 Å². The van der Waals surface area contributed by atoms with Crippen molar-refractivity contribution in [1.29, 1.82) is 0 Å². The summed E-state index contributed by atoms with van der Waals surface area (Å²) in [6.45, 7) is 6.16. The van der Waals surface area contributed by atoms with Gasteiger partial charge >= 0.3 is 0 Å². The number of ether oxygens (including phenoxy) is 1. The van der Waals surface area contributed by atoms with Gasteiger partial charge in [-0.25, -0.2) is 14.6 Å². The van der Waals surface area contributed by atoms with E-state index >= 15 is 0 Å². The maximum atomic E-state index is 5.51. The number of aliphatic imine (C=N–C) groups is 1. The monoisotopic (exact) mass is 357 g/mol. The summed E-state index contributed by atoms with van der Waals surface area (Å²) < 4.78 is 7.50. The molecule has 8 heteroatoms. The third-order valence-electron chi connectivity index (χ3n) is 4.24. The van der Waals surface area contributed by atoms with Gasteiger partial charge in [0.15, 0.2) is 5.96 Å². The van der Waals surface area contributed by atoms with Crippen molar-refractivity contribution in [1.82, 2.24) is 30.4 Å². The average molecular weight is 357 g/mol. The van der Waals surface area contributed by atoms with Crippen molar-refractivity contribution in [3.63, 3.8) is 0 Å². The predicted octanol–water partition coefficient (Wildman–Crippen LogP) is 1.45. The largest absolute Gasteiger partial charge is 0.478 e. The summed E-state index contributed by atoms with van der Waals surface area (Å²) in [5.74, 6) is 3.35. The molecule has 140 valence electrons. The first kappa shape index (κ1) is 18.2. The highest BCUT2D eigenvalue weighted by Crippen LogP contribution is 2.13. The van der Waals surface area contributed by atoms with Gasteiger partial charge in [0.05, 0.1) is 13.2 Å². The lowest BCUT2D eigenvalue weighted by molar-refractivity contribution is 0.305. The molecule has 0 spiro atoms. The van der Waals surface area contributed by atoms with Gasteiger partial charge in [-0.2, -0.15) is 5.10 Å². The summed E-state index contributed by atoms with van der Waals surface area (Å²) in [6, 6.07) is 4.21. The van der Waals surface area contributed by atoms with Crippen LogP contribution in [0.4, 0.5) is 0 Å². The highest BCUT2D eigenvalue weighted by molar-refractivity contribution is 5.79. The molecule has 0 aliphatic carbocycles. The second-order valence-corrected chi connectivity index (χ2v) is 6.42. The number of aryl methyl sites for hydroxylation is 2. The fourth-order valence-electron chi connectivity index (χ4n) is 2.93. The number of rotatable bonds is 6. The SMILES string of the molecule is CCCOc1ccc(CNC(=NC)NC2CCc3nc(C)nn3C2)cn1. The van der Waals surface area contributed by atoms with Gasteiger partial charge in [-0.05, 0) is 25.3 Å². The van der Waals surface area contributed by atoms with Crippen LogP contribution in [-0.2, 0) is 19.5 Å². The molecule has 0 saturated heterocycles. The van der Waals surface area contributed by atoms with Crippen LogP contribution < -0.4 is 15.4 Å². The van der Waals surface area contributed by atoms with Crippen LogP contribution in [0.1, 0.15) is 37.0 Å². The standard InChI is InChI=1S/C18H27N7O/c1-4-9-26-17-8-5-14(10-20-17)11-21-18(19-3)23-15-6-7-16-22-13(2)24-25(16)12-15/h5,8,10,15H,4,6-7,9,11-12H2,1-3H3,(H2,19,21,23). The smallest absolute Gasteiger partial charge is 0.213 e. The molecule has 26 heavy (non-hydrogen) atoms. The summed E-state index contributed by atoms with van der Waals surface area (Å²) in [5.41, 5.74) is 1.08. The zero-order valence-electron chi connectivity index (χ0n) is 15.7. The van der Waals surface area contributed by atoms with Crippen LogP contribution in [0.3, 0.4) is 0 Å². The number of nitrogens with one attached hydrogen (secondary N) is 2. The molecular weight excluding hydrogens is 330 g/mol. The molecule has 1 aliphatic rings. The van der Waals surface area contributed by atoms with Crippen molar-refractivity contribution in [2.24, 2.45) is 4.99 Å². The summed E-state index contributed by atoms with van der Waals surface area (Å²) in [7, 11) is 1.78. The van der Waals surface area contributed by atoms with Gasteiger partial charge in [0.25, 0.3) is 0 Å². The minimum atomic E-state index is 0.290. The topological polar surface area (TPSA) is 89.3 Å². The third kappa shape index (κ3) is 4.71. The van der Waals surface area contributed by atoms with E-state index in [1.165, 1.54) is 0 Å². The molecule has 0 fully saturated rings. The fourth-order valence-corrected chi connectivity index (χ4v) is 2.93. The lowest BCUT2D eigenvalue weighted by Crippen LogP contribution is -2.46. The Balaban J connectivity index is 1.49. The summed E-state index contributed by atoms with van der Waals surface area (Å²) in [5, 5.41) is 11.3. The number of hydrogen-bond donors (Lipinski definition) is 2. The van der Waals surface area contributed by atoms with E-state index in [0.717, 1.165) is 49.0 Å². The number of hydrogen-bond acceptors (Lipinski definition) is 5. The van der Waals surface area contributed by atoms with Gasteiger partial charge in [-0.3, -0.25) is 4.99 Å². The van der Waals surface area contributed by atoms with Crippen molar-refractivity contribution < 1.29 is 4.74 Å². The first-order chi connectivity index (χ1) is 12.7. The van der Waals surface area contributed by atoms with Crippen LogP contribution >= 0.6 is 0 Å². The Morgan fingerprint density at radius 1 is 1.42 bits per heavy atom. The molecule has 1 aliphatic heterocycles. The Labute approximate surface area is 154 Å². The predicted molar refractivity (Wildman–Crippen MR) is 100 cm³/mol. The van der Waals surface area contributed by atoms with Crippen LogP contribution in [0.15, 0.2) is 23.3 Å². The van der Waals surface area contributed by atoms with Crippen LogP contribution in [0.25, 0.3) is 0 Å². The molecule has 2 aromatic rings. The van der Waals surface area contributed by atoms with E-state index in [9.17, 15) is 0 Å². The minimum absolute atomic E-state index is 0.290. The van der Waals surface area contributed by atoms with Gasteiger partial charge in [0.2, 0.25) is 5.88 Å². The summed E-state index contributed by atoms with van der Waals surface area (Å²) >= 11 is 0. The van der Waals surface area contributed by atoms with E-state index in [-0.39, 0.29) is 6.04 Å². The molecule has 0 saturated carbocycles. The molecule has 3 rings (SSSR count). The molecule has 0 amide bonds. The minimum Gasteiger partial charge on any atom is -0.478 e. The van der Waals surface area contributed by atoms with E-state index < -0.39 is 0 Å². The van der Waals surface area contributed by atoms with Crippen LogP contribution in [0.2, 0.25) is 0 Å². The second-order valence-electron chi connectivity index (χ2n) is 6.42. The fraction of sp³-hybridized carbons (Fsp3) is 0.556. The normalized spacial score (nSPS) is 16.9. The van der Waals surface area contributed by atoms with Crippen molar-refractivity contribution in [2.45, 2.75) is 52.2 Å². The Kier molecular flexibility index (Phi) is 6.04. The molecule has 0 radical (unpaired) electrons. The molecule has 3 heterocycles. The molecule has 8 nitrogen and oxygen atoms in total. The summed E-state index contributed by atoms with van der Waals surface area (Å²) in [4.78, 5) is 13.1. The first-order valence-electron chi connectivity index (χ1n) is 9.13. The second kappa shape index (κ2) is 8.64. The van der Waals surface area contributed by atoms with E-state index in [2.05, 4.69) is 37.6 Å². The lowest BCUT2D eigenvalue weighted by atomic mass is 10.1.